The van der Waals surface area contributed by atoms with Gasteiger partial charge in [-0.2, -0.15) is 0 Å². The summed E-state index contributed by atoms with van der Waals surface area (Å²) in [6.45, 7) is 4.05. The highest BCUT2D eigenvalue weighted by molar-refractivity contribution is 7.17. The lowest BCUT2D eigenvalue weighted by atomic mass is 10.1. The molecule has 6 aromatic rings. The maximum absolute atomic E-state index is 12.2. The Bertz CT molecular complexity index is 2500. The first-order chi connectivity index (χ1) is 29.4. The van der Waals surface area contributed by atoms with Crippen molar-refractivity contribution in [3.05, 3.63) is 140 Å². The molecule has 8 rings (SSSR count). The summed E-state index contributed by atoms with van der Waals surface area (Å²) in [6.07, 6.45) is 9.96. The molecule has 0 spiro atoms. The van der Waals surface area contributed by atoms with Crippen LogP contribution in [0, 0.1) is 0 Å². The minimum absolute atomic E-state index is 0. The number of nitrogens with one attached hydrogen (secondary N) is 1. The van der Waals surface area contributed by atoms with E-state index in [2.05, 4.69) is 27.4 Å². The highest BCUT2D eigenvalue weighted by Gasteiger charge is 2.27. The number of ether oxygens (including phenoxy) is 2. The van der Waals surface area contributed by atoms with Crippen LogP contribution in [0.4, 0.5) is 0 Å². The molecule has 4 N–H and O–H groups in total. The zero-order chi connectivity index (χ0) is 43.5. The number of Topliss-reactive ketones (excluding diaryl/α,β-unsaturated/α-hetero) is 2. The number of rotatable bonds is 13. The number of aliphatic carboxylic acids is 1. The number of aromatic nitrogens is 2. The van der Waals surface area contributed by atoms with Crippen molar-refractivity contribution < 1.29 is 33.8 Å². The Morgan fingerprint density at radius 3 is 1.66 bits per heavy atom. The summed E-state index contributed by atoms with van der Waals surface area (Å²) < 4.78 is 11.7. The van der Waals surface area contributed by atoms with E-state index >= 15 is 0 Å². The van der Waals surface area contributed by atoms with Crippen molar-refractivity contribution in [3.8, 4) is 32.4 Å². The van der Waals surface area contributed by atoms with Crippen LogP contribution in [0.15, 0.2) is 97.6 Å². The topological polar surface area (TPSA) is 171 Å². The largest absolute Gasteiger partial charge is 0.487 e. The van der Waals surface area contributed by atoms with Gasteiger partial charge in [-0.25, -0.2) is 0 Å². The van der Waals surface area contributed by atoms with Gasteiger partial charge in [-0.1, -0.05) is 35.3 Å². The predicted octanol–water partition coefficient (Wildman–Crippen LogP) is 9.77. The van der Waals surface area contributed by atoms with Gasteiger partial charge >= 0.3 is 5.97 Å². The molecular weight excluding hydrogens is 891 g/mol. The number of benzene rings is 2. The zero-order valence-electron chi connectivity index (χ0n) is 33.9. The number of thiophene rings is 2. The number of carboxylic acid groups (broad SMARTS) is 1. The summed E-state index contributed by atoms with van der Waals surface area (Å²) >= 11 is 15.7. The molecule has 2 unspecified atom stereocenters. The van der Waals surface area contributed by atoms with Gasteiger partial charge in [-0.05, 0) is 110 Å². The molecule has 0 bridgehead atoms. The van der Waals surface area contributed by atoms with Crippen LogP contribution in [0.1, 0.15) is 68.3 Å². The van der Waals surface area contributed by atoms with Crippen molar-refractivity contribution in [3.63, 3.8) is 0 Å². The van der Waals surface area contributed by atoms with Gasteiger partial charge in [-0.3, -0.25) is 29.1 Å². The van der Waals surface area contributed by atoms with Gasteiger partial charge in [-0.15, -0.1) is 35.1 Å². The zero-order valence-corrected chi connectivity index (χ0v) is 37.9. The van der Waals surface area contributed by atoms with Gasteiger partial charge in [0.15, 0.2) is 11.6 Å². The highest BCUT2D eigenvalue weighted by atomic mass is 35.5. The van der Waals surface area contributed by atoms with E-state index in [0.717, 1.165) is 65.1 Å². The Morgan fingerprint density at radius 1 is 0.742 bits per heavy atom. The van der Waals surface area contributed by atoms with Gasteiger partial charge in [0, 0.05) is 77.9 Å². The minimum Gasteiger partial charge on any atom is -0.487 e. The number of hydrogen-bond donors (Lipinski definition) is 3. The number of halogens is 3. The van der Waals surface area contributed by atoms with Crippen molar-refractivity contribution in [2.45, 2.75) is 64.6 Å². The molecule has 2 aromatic carbocycles. The normalized spacial score (nSPS) is 14.3. The molecule has 1 amide bonds. The van der Waals surface area contributed by atoms with Crippen LogP contribution in [-0.2, 0) is 35.3 Å². The number of carboxylic acids is 1. The van der Waals surface area contributed by atoms with Gasteiger partial charge in [0.05, 0.1) is 26.3 Å². The lowest BCUT2D eigenvalue weighted by molar-refractivity contribution is -0.137. The van der Waals surface area contributed by atoms with E-state index in [1.807, 2.05) is 54.6 Å². The molecule has 0 fully saturated rings. The Labute approximate surface area is 384 Å². The second kappa shape index (κ2) is 22.8. The quantitative estimate of drug-likeness (QED) is 0.0948. The molecule has 62 heavy (non-hydrogen) atoms. The minimum atomic E-state index is -0.770. The van der Waals surface area contributed by atoms with Crippen molar-refractivity contribution in [1.29, 1.82) is 0 Å². The number of amides is 1. The lowest BCUT2D eigenvalue weighted by Crippen LogP contribution is -2.34. The molecule has 2 aliphatic heterocycles. The number of hydrogen-bond acceptors (Lipinski definition) is 11. The second-order valence-corrected chi connectivity index (χ2v) is 17.4. The number of carbonyl (C=O) groups excluding carboxylic acids is 3. The van der Waals surface area contributed by atoms with E-state index in [4.69, 9.17) is 43.5 Å². The molecular formula is C46H45Cl3N4O7S2. The van der Waals surface area contributed by atoms with Gasteiger partial charge in [0.25, 0.3) is 0 Å². The SMILES string of the molecule is CC(=O)c1ccc(-c2cc(Cl)c3c(c2)CC(CN)O3)s1.CC(=O)c1ccc(-c2cc(Cl)c3c(c2)CC(CNC(=O)CCc2cccnc2)O3)s1.Cl.O=C(O)CCc1cccnc1. The standard InChI is InChI=1S/C23H21ClN2O3S.C15H14ClNO2S.C8H9NO2.ClH/c1-14(27)20-5-6-21(30-20)16-9-17-10-18(29-23(17)19(24)11-16)13-26-22(28)7-4-15-3-2-8-25-12-15;1-8(18)13-2-3-14(20-13)9-4-10-5-11(7-17)19-15(10)12(16)6-9;10-8(11)4-3-7-2-1-5-9-6-7;/h2-3,5-6,8-9,11-12,18H,4,7,10,13H2,1H3,(H,26,28);2-4,6,11H,5,7,17H2,1H3;1-2,5-6H,3-4H2,(H,10,11);1H. The van der Waals surface area contributed by atoms with Gasteiger partial charge in [0.2, 0.25) is 5.91 Å². The summed E-state index contributed by atoms with van der Waals surface area (Å²) in [5.41, 5.74) is 11.7. The van der Waals surface area contributed by atoms with E-state index in [0.29, 0.717) is 54.6 Å². The smallest absolute Gasteiger partial charge is 0.303 e. The first-order valence-corrected chi connectivity index (χ1v) is 21.9. The van der Waals surface area contributed by atoms with Gasteiger partial charge in [0.1, 0.15) is 23.7 Å². The first-order valence-electron chi connectivity index (χ1n) is 19.5. The lowest BCUT2D eigenvalue weighted by Gasteiger charge is -2.12. The van der Waals surface area contributed by atoms with Crippen molar-refractivity contribution in [1.82, 2.24) is 15.3 Å². The number of nitrogens with two attached hydrogens (primary N) is 1. The molecule has 2 aliphatic rings. The van der Waals surface area contributed by atoms with E-state index < -0.39 is 5.97 Å². The third-order valence-corrected chi connectivity index (χ3v) is 12.7. The molecule has 16 heteroatoms. The Kier molecular flexibility index (Phi) is 17.6. The average Bonchev–Trinajstić information content (AvgIpc) is 4.09. The fraction of sp³-hybridized carbons (Fsp3) is 0.261. The monoisotopic (exact) mass is 934 g/mol. The van der Waals surface area contributed by atoms with Crippen LogP contribution in [0.25, 0.3) is 20.9 Å². The highest BCUT2D eigenvalue weighted by Crippen LogP contribution is 2.42. The molecule has 0 radical (unpaired) electrons. The van der Waals surface area contributed by atoms with Crippen LogP contribution >= 0.6 is 58.3 Å². The number of ketones is 2. The van der Waals surface area contributed by atoms with Crippen LogP contribution in [-0.4, -0.2) is 63.8 Å². The van der Waals surface area contributed by atoms with Gasteiger partial charge < -0.3 is 25.6 Å². The number of fused-ring (bicyclic) bond motifs is 2. The first kappa shape index (κ1) is 47.9. The number of pyridine rings is 2. The fourth-order valence-electron chi connectivity index (χ4n) is 6.59. The predicted molar refractivity (Wildman–Crippen MR) is 248 cm³/mol. The van der Waals surface area contributed by atoms with Crippen molar-refractivity contribution in [2.75, 3.05) is 13.1 Å². The second-order valence-electron chi connectivity index (χ2n) is 14.4. The van der Waals surface area contributed by atoms with Crippen LogP contribution in [0.3, 0.4) is 0 Å². The number of carbonyl (C=O) groups is 4. The summed E-state index contributed by atoms with van der Waals surface area (Å²) in [4.78, 5) is 56.7. The molecule has 11 nitrogen and oxygen atoms in total. The van der Waals surface area contributed by atoms with E-state index in [1.54, 1.807) is 44.7 Å². The third kappa shape index (κ3) is 13.2. The Hall–Kier alpha value is -5.15. The molecule has 6 heterocycles. The summed E-state index contributed by atoms with van der Waals surface area (Å²) in [5.74, 6) is 0.781. The summed E-state index contributed by atoms with van der Waals surface area (Å²) in [5, 5.41) is 12.5. The maximum atomic E-state index is 12.2. The third-order valence-electron chi connectivity index (χ3n) is 9.68. The van der Waals surface area contributed by atoms with Crippen LogP contribution < -0.4 is 20.5 Å². The molecule has 0 saturated heterocycles. The molecule has 2 atom stereocenters. The molecule has 324 valence electrons. The van der Waals surface area contributed by atoms with E-state index in [9.17, 15) is 19.2 Å². The Morgan fingerprint density at radius 2 is 1.23 bits per heavy atom. The maximum Gasteiger partial charge on any atom is 0.303 e. The fourth-order valence-corrected chi connectivity index (χ4v) is 8.93. The van der Waals surface area contributed by atoms with Crippen LogP contribution in [0.5, 0.6) is 11.5 Å². The molecule has 0 saturated carbocycles. The molecule has 4 aromatic heterocycles. The number of nitrogens with zero attached hydrogens (tertiary/aromatic N) is 2. The van der Waals surface area contributed by atoms with E-state index in [1.165, 1.54) is 22.7 Å². The van der Waals surface area contributed by atoms with E-state index in [-0.39, 0.29) is 48.5 Å². The van der Waals surface area contributed by atoms with Crippen molar-refractivity contribution in [2.24, 2.45) is 5.73 Å². The summed E-state index contributed by atoms with van der Waals surface area (Å²) in [6, 6.07) is 23.0. The Balaban J connectivity index is 0.000000195. The molecule has 0 aliphatic carbocycles. The van der Waals surface area contributed by atoms with Crippen LogP contribution in [0.2, 0.25) is 10.0 Å². The average molecular weight is 936 g/mol. The van der Waals surface area contributed by atoms with Crippen molar-refractivity contribution >= 4 is 81.7 Å². The summed E-state index contributed by atoms with van der Waals surface area (Å²) in [7, 11) is 0. The number of aryl methyl sites for hydroxylation is 2.